The number of fused-ring (bicyclic) bond motifs is 4. The monoisotopic (exact) mass is 391 g/mol. The Balaban J connectivity index is 1.86. The lowest BCUT2D eigenvalue weighted by molar-refractivity contribution is -0.132. The Morgan fingerprint density at radius 3 is 2.58 bits per heavy atom. The first-order valence-corrected chi connectivity index (χ1v) is 10.2. The van der Waals surface area contributed by atoms with E-state index in [4.69, 9.17) is 16.3 Å². The Labute approximate surface area is 157 Å². The SMILES string of the molecule is Cc1ccc(S(=O)(=O)[C@@H]2C(=O)N[C@]3(C)C[C@H]2c2cc(Cl)ccc2O3)cc1. The fourth-order valence-corrected chi connectivity index (χ4v) is 5.81. The zero-order valence-electron chi connectivity index (χ0n) is 14.3. The van der Waals surface area contributed by atoms with Crippen LogP contribution in [0.3, 0.4) is 0 Å². The smallest absolute Gasteiger partial charge is 0.242 e. The lowest BCUT2D eigenvalue weighted by Crippen LogP contribution is -2.63. The highest BCUT2D eigenvalue weighted by Crippen LogP contribution is 2.47. The van der Waals surface area contributed by atoms with Crippen LogP contribution in [0.25, 0.3) is 0 Å². The molecule has 136 valence electrons. The van der Waals surface area contributed by atoms with E-state index in [1.165, 1.54) is 0 Å². The number of hydrogen-bond donors (Lipinski definition) is 1. The van der Waals surface area contributed by atoms with Crippen molar-refractivity contribution >= 4 is 27.3 Å². The summed E-state index contributed by atoms with van der Waals surface area (Å²) in [6.45, 7) is 3.63. The molecule has 1 saturated heterocycles. The third-order valence-corrected chi connectivity index (χ3v) is 7.39. The molecular weight excluding hydrogens is 374 g/mol. The zero-order valence-corrected chi connectivity index (χ0v) is 15.9. The van der Waals surface area contributed by atoms with Crippen molar-refractivity contribution in [1.29, 1.82) is 0 Å². The second-order valence-corrected chi connectivity index (χ2v) is 9.60. The van der Waals surface area contributed by atoms with Crippen molar-refractivity contribution in [3.05, 3.63) is 58.6 Å². The molecule has 3 atom stereocenters. The number of sulfone groups is 1. The summed E-state index contributed by atoms with van der Waals surface area (Å²) in [6, 6.07) is 11.6. The van der Waals surface area contributed by atoms with Crippen LogP contribution < -0.4 is 10.1 Å². The number of nitrogens with one attached hydrogen (secondary N) is 1. The Morgan fingerprint density at radius 2 is 1.88 bits per heavy atom. The number of rotatable bonds is 2. The number of carbonyl (C=O) groups is 1. The molecule has 0 aromatic heterocycles. The molecule has 2 aliphatic heterocycles. The maximum Gasteiger partial charge on any atom is 0.242 e. The molecule has 2 aromatic rings. The van der Waals surface area contributed by atoms with Gasteiger partial charge in [-0.05, 0) is 44.2 Å². The van der Waals surface area contributed by atoms with E-state index in [2.05, 4.69) is 5.32 Å². The predicted octanol–water partition coefficient (Wildman–Crippen LogP) is 3.20. The van der Waals surface area contributed by atoms with Gasteiger partial charge in [-0.15, -0.1) is 0 Å². The number of halogens is 1. The van der Waals surface area contributed by atoms with Crippen LogP contribution in [0.1, 0.15) is 30.4 Å². The second kappa shape index (κ2) is 5.72. The molecule has 2 aromatic carbocycles. The molecular formula is C19H18ClNO4S. The number of aryl methyl sites for hydroxylation is 1. The molecule has 0 spiro atoms. The van der Waals surface area contributed by atoms with Crippen molar-refractivity contribution in [2.45, 2.75) is 42.1 Å². The normalized spacial score (nSPS) is 27.3. The standard InChI is InChI=1S/C19H18ClNO4S/c1-11-3-6-13(7-4-11)26(23,24)17-15-10-19(2,21-18(17)22)25-16-8-5-12(20)9-14(15)16/h3-9,15,17H,10H2,1-2H3,(H,21,22)/t15-,17-,19-/m0/s1. The fraction of sp³-hybridized carbons (Fsp3) is 0.316. The first-order chi connectivity index (χ1) is 12.2. The van der Waals surface area contributed by atoms with Gasteiger partial charge in [0.15, 0.2) is 20.8 Å². The number of piperidine rings is 1. The molecule has 0 saturated carbocycles. The Kier molecular flexibility index (Phi) is 3.82. The van der Waals surface area contributed by atoms with Gasteiger partial charge in [-0.25, -0.2) is 8.42 Å². The average Bonchev–Trinajstić information content (AvgIpc) is 2.55. The van der Waals surface area contributed by atoms with Crippen LogP contribution in [0.2, 0.25) is 5.02 Å². The number of amides is 1. The van der Waals surface area contributed by atoms with Gasteiger partial charge in [0.05, 0.1) is 4.90 Å². The molecule has 0 unspecified atom stereocenters. The summed E-state index contributed by atoms with van der Waals surface area (Å²) in [5.41, 5.74) is 0.681. The quantitative estimate of drug-likeness (QED) is 0.853. The summed E-state index contributed by atoms with van der Waals surface area (Å²) >= 11 is 6.12. The first kappa shape index (κ1) is 17.4. The van der Waals surface area contributed by atoms with Gasteiger partial charge in [-0.2, -0.15) is 0 Å². The van der Waals surface area contributed by atoms with E-state index in [0.29, 0.717) is 22.8 Å². The van der Waals surface area contributed by atoms with E-state index in [9.17, 15) is 13.2 Å². The number of hydrogen-bond acceptors (Lipinski definition) is 4. The summed E-state index contributed by atoms with van der Waals surface area (Å²) in [6.07, 6.45) is 0.363. The van der Waals surface area contributed by atoms with Crippen molar-refractivity contribution < 1.29 is 17.9 Å². The second-order valence-electron chi connectivity index (χ2n) is 7.09. The van der Waals surface area contributed by atoms with Crippen molar-refractivity contribution in [1.82, 2.24) is 5.32 Å². The fourth-order valence-electron chi connectivity index (χ4n) is 3.81. The maximum atomic E-state index is 13.3. The topological polar surface area (TPSA) is 72.5 Å². The largest absolute Gasteiger partial charge is 0.468 e. The molecule has 1 amide bonds. The van der Waals surface area contributed by atoms with Crippen LogP contribution in [0.15, 0.2) is 47.4 Å². The highest BCUT2D eigenvalue weighted by molar-refractivity contribution is 7.92. The Morgan fingerprint density at radius 1 is 1.19 bits per heavy atom. The summed E-state index contributed by atoms with van der Waals surface area (Å²) < 4.78 is 32.5. The van der Waals surface area contributed by atoms with Gasteiger partial charge in [0.2, 0.25) is 5.91 Å². The summed E-state index contributed by atoms with van der Waals surface area (Å²) in [5, 5.41) is 2.00. The van der Waals surface area contributed by atoms with Crippen molar-refractivity contribution in [3.8, 4) is 5.75 Å². The van der Waals surface area contributed by atoms with Gasteiger partial charge in [0.25, 0.3) is 0 Å². The minimum Gasteiger partial charge on any atom is -0.468 e. The van der Waals surface area contributed by atoms with Crippen molar-refractivity contribution in [2.24, 2.45) is 0 Å². The highest BCUT2D eigenvalue weighted by Gasteiger charge is 2.54. The molecule has 1 fully saturated rings. The van der Waals surface area contributed by atoms with Crippen LogP contribution in [-0.4, -0.2) is 25.3 Å². The number of ether oxygens (including phenoxy) is 1. The van der Waals surface area contributed by atoms with Gasteiger partial charge < -0.3 is 10.1 Å². The van der Waals surface area contributed by atoms with Crippen LogP contribution in [0.4, 0.5) is 0 Å². The van der Waals surface area contributed by atoms with Crippen molar-refractivity contribution in [2.75, 3.05) is 0 Å². The van der Waals surface area contributed by atoms with Gasteiger partial charge in [-0.1, -0.05) is 29.3 Å². The lowest BCUT2D eigenvalue weighted by Gasteiger charge is -2.46. The van der Waals surface area contributed by atoms with Gasteiger partial charge in [0, 0.05) is 22.9 Å². The van der Waals surface area contributed by atoms with Crippen molar-refractivity contribution in [3.63, 3.8) is 0 Å². The number of benzene rings is 2. The highest BCUT2D eigenvalue weighted by atomic mass is 35.5. The molecule has 0 radical (unpaired) electrons. The van der Waals surface area contributed by atoms with Crippen LogP contribution in [0, 0.1) is 6.92 Å². The first-order valence-electron chi connectivity index (χ1n) is 8.31. The zero-order chi connectivity index (χ0) is 18.7. The molecule has 0 aliphatic carbocycles. The molecule has 2 bridgehead atoms. The third-order valence-electron chi connectivity index (χ3n) is 5.01. The Bertz CT molecular complexity index is 1000. The van der Waals surface area contributed by atoms with Gasteiger partial charge >= 0.3 is 0 Å². The molecule has 2 heterocycles. The molecule has 26 heavy (non-hydrogen) atoms. The van der Waals surface area contributed by atoms with E-state index in [1.807, 2.05) is 6.92 Å². The summed E-state index contributed by atoms with van der Waals surface area (Å²) in [7, 11) is -3.87. The maximum absolute atomic E-state index is 13.3. The van der Waals surface area contributed by atoms with Gasteiger partial charge in [0.1, 0.15) is 5.75 Å². The number of carbonyl (C=O) groups excluding carboxylic acids is 1. The van der Waals surface area contributed by atoms with Crippen LogP contribution in [-0.2, 0) is 14.6 Å². The predicted molar refractivity (Wildman–Crippen MR) is 98.1 cm³/mol. The average molecular weight is 392 g/mol. The molecule has 2 aliphatic rings. The lowest BCUT2D eigenvalue weighted by atomic mass is 9.81. The van der Waals surface area contributed by atoms with E-state index < -0.39 is 32.6 Å². The molecule has 4 rings (SSSR count). The molecule has 1 N–H and O–H groups in total. The minimum absolute atomic E-state index is 0.141. The van der Waals surface area contributed by atoms with E-state index >= 15 is 0 Å². The van der Waals surface area contributed by atoms with Gasteiger partial charge in [-0.3, -0.25) is 4.79 Å². The van der Waals surface area contributed by atoms with Crippen LogP contribution >= 0.6 is 11.6 Å². The molecule has 5 nitrogen and oxygen atoms in total. The van der Waals surface area contributed by atoms with E-state index in [0.717, 1.165) is 5.56 Å². The van der Waals surface area contributed by atoms with E-state index in [-0.39, 0.29) is 4.90 Å². The third kappa shape index (κ3) is 2.68. The summed E-state index contributed by atoms with van der Waals surface area (Å²) in [4.78, 5) is 12.9. The molecule has 7 heteroatoms. The van der Waals surface area contributed by atoms with E-state index in [1.54, 1.807) is 49.4 Å². The van der Waals surface area contributed by atoms with Crippen LogP contribution in [0.5, 0.6) is 5.75 Å². The Hall–Kier alpha value is -2.05. The minimum atomic E-state index is -3.87. The summed E-state index contributed by atoms with van der Waals surface area (Å²) in [5.74, 6) is -0.519.